The molecule has 1 saturated heterocycles. The van der Waals surface area contributed by atoms with Gasteiger partial charge in [-0.1, -0.05) is 0 Å². The summed E-state index contributed by atoms with van der Waals surface area (Å²) >= 11 is 0. The maximum absolute atomic E-state index is 14.9. The zero-order valence-electron chi connectivity index (χ0n) is 19.9. The van der Waals surface area contributed by atoms with Crippen molar-refractivity contribution in [1.29, 1.82) is 0 Å². The summed E-state index contributed by atoms with van der Waals surface area (Å²) in [6.07, 6.45) is -1.99. The standard InChI is InChI=1S/C27H21F5N4O2/c28-16-3-4-17(19(29)12-16)24-25-18(26(37)36-8-1-2-23(36)35-25)13-20(34-24)14-6-9-38-21(10-14)15-5-7-33-22(11-15)27(30,31)32/h3-5,7,11-14,21H,1-2,6,8-10H2. The molecule has 6 rings (SSSR count). The minimum absolute atomic E-state index is 0.0145. The summed E-state index contributed by atoms with van der Waals surface area (Å²) in [4.78, 5) is 26.2. The van der Waals surface area contributed by atoms with Crippen LogP contribution in [0.2, 0.25) is 0 Å². The highest BCUT2D eigenvalue weighted by Crippen LogP contribution is 2.40. The predicted molar refractivity (Wildman–Crippen MR) is 127 cm³/mol. The molecule has 0 spiro atoms. The summed E-state index contributed by atoms with van der Waals surface area (Å²) < 4.78 is 75.6. The van der Waals surface area contributed by atoms with Crippen LogP contribution in [0.1, 0.15) is 54.1 Å². The fourth-order valence-electron chi connectivity index (χ4n) is 5.28. The van der Waals surface area contributed by atoms with Gasteiger partial charge in [-0.25, -0.2) is 13.8 Å². The summed E-state index contributed by atoms with van der Waals surface area (Å²) in [6, 6.07) is 7.23. The highest BCUT2D eigenvalue weighted by molar-refractivity contribution is 5.91. The van der Waals surface area contributed by atoms with E-state index >= 15 is 0 Å². The number of rotatable bonds is 3. The van der Waals surface area contributed by atoms with Crippen LogP contribution >= 0.6 is 0 Å². The lowest BCUT2D eigenvalue weighted by molar-refractivity contribution is -0.141. The Bertz CT molecular complexity index is 1620. The van der Waals surface area contributed by atoms with E-state index in [9.17, 15) is 26.7 Å². The Hall–Kier alpha value is -3.73. The average Bonchev–Trinajstić information content (AvgIpc) is 3.37. The lowest BCUT2D eigenvalue weighted by atomic mass is 9.88. The topological polar surface area (TPSA) is 69.9 Å². The molecule has 1 aromatic carbocycles. The number of nitrogens with zero attached hydrogens (tertiary/aromatic N) is 4. The fraction of sp³-hybridized carbons (Fsp3) is 0.333. The molecule has 2 aliphatic heterocycles. The maximum Gasteiger partial charge on any atom is 0.433 e. The minimum atomic E-state index is -4.59. The Balaban J connectivity index is 1.46. The summed E-state index contributed by atoms with van der Waals surface area (Å²) in [6.45, 7) is 0.776. The Morgan fingerprint density at radius 1 is 1.05 bits per heavy atom. The number of pyridine rings is 2. The molecule has 196 valence electrons. The van der Waals surface area contributed by atoms with Gasteiger partial charge >= 0.3 is 6.18 Å². The van der Waals surface area contributed by atoms with E-state index < -0.39 is 29.6 Å². The molecule has 0 radical (unpaired) electrons. The molecule has 0 aliphatic carbocycles. The largest absolute Gasteiger partial charge is 0.433 e. The third-order valence-corrected chi connectivity index (χ3v) is 7.16. The van der Waals surface area contributed by atoms with Crippen LogP contribution in [-0.2, 0) is 23.9 Å². The highest BCUT2D eigenvalue weighted by atomic mass is 19.4. The molecule has 1 fully saturated rings. The van der Waals surface area contributed by atoms with Crippen molar-refractivity contribution in [2.45, 2.75) is 50.4 Å². The van der Waals surface area contributed by atoms with Crippen LogP contribution in [-0.4, -0.2) is 26.1 Å². The summed E-state index contributed by atoms with van der Waals surface area (Å²) in [5.41, 5.74) is -0.0670. The van der Waals surface area contributed by atoms with Gasteiger partial charge in [0.1, 0.15) is 28.7 Å². The molecule has 0 N–H and O–H groups in total. The smallest absolute Gasteiger partial charge is 0.373 e. The second-order valence-corrected chi connectivity index (χ2v) is 9.56. The molecule has 6 nitrogen and oxygen atoms in total. The van der Waals surface area contributed by atoms with Crippen LogP contribution in [0.4, 0.5) is 22.0 Å². The molecule has 3 aromatic heterocycles. The molecule has 4 aromatic rings. The van der Waals surface area contributed by atoms with Gasteiger partial charge in [0.2, 0.25) is 0 Å². The summed E-state index contributed by atoms with van der Waals surface area (Å²) in [5, 5.41) is 0.269. The van der Waals surface area contributed by atoms with Gasteiger partial charge in [-0.2, -0.15) is 13.2 Å². The van der Waals surface area contributed by atoms with Gasteiger partial charge in [0, 0.05) is 49.0 Å². The molecule has 5 heterocycles. The Morgan fingerprint density at radius 2 is 1.89 bits per heavy atom. The van der Waals surface area contributed by atoms with E-state index in [1.54, 1.807) is 10.6 Å². The highest BCUT2D eigenvalue weighted by Gasteiger charge is 2.34. The molecular formula is C27H21F5N4O2. The third kappa shape index (κ3) is 4.34. The molecule has 0 amide bonds. The number of fused-ring (bicyclic) bond motifs is 2. The number of halogens is 5. The van der Waals surface area contributed by atoms with Crippen molar-refractivity contribution in [3.63, 3.8) is 0 Å². The van der Waals surface area contributed by atoms with Crippen LogP contribution < -0.4 is 5.56 Å². The van der Waals surface area contributed by atoms with Crippen molar-refractivity contribution in [2.75, 3.05) is 6.61 Å². The molecule has 11 heteroatoms. The minimum Gasteiger partial charge on any atom is -0.373 e. The zero-order chi connectivity index (χ0) is 26.6. The van der Waals surface area contributed by atoms with Crippen LogP contribution in [0.3, 0.4) is 0 Å². The normalized spacial score (nSPS) is 19.6. The first-order valence-electron chi connectivity index (χ1n) is 12.2. The number of alkyl halides is 3. The molecule has 38 heavy (non-hydrogen) atoms. The SMILES string of the molecule is O=c1c2cc(C3CCOC(c4ccnc(C(F)(F)F)c4)C3)nc(-c3ccc(F)cc3F)c2nc2n1CCC2. The van der Waals surface area contributed by atoms with Crippen LogP contribution in [0.15, 0.2) is 47.4 Å². The van der Waals surface area contributed by atoms with E-state index in [-0.39, 0.29) is 40.2 Å². The quantitative estimate of drug-likeness (QED) is 0.318. The Morgan fingerprint density at radius 3 is 2.68 bits per heavy atom. The van der Waals surface area contributed by atoms with E-state index in [0.717, 1.165) is 30.8 Å². The Labute approximate surface area is 213 Å². The molecule has 2 unspecified atom stereocenters. The average molecular weight is 528 g/mol. The molecule has 2 aliphatic rings. The number of aromatic nitrogens is 4. The van der Waals surface area contributed by atoms with Crippen molar-refractivity contribution in [2.24, 2.45) is 0 Å². The van der Waals surface area contributed by atoms with Crippen LogP contribution in [0.5, 0.6) is 0 Å². The first-order valence-corrected chi connectivity index (χ1v) is 12.2. The Kier molecular flexibility index (Phi) is 5.97. The summed E-state index contributed by atoms with van der Waals surface area (Å²) in [5.74, 6) is -1.28. The van der Waals surface area contributed by atoms with Gasteiger partial charge in [-0.05, 0) is 55.2 Å². The van der Waals surface area contributed by atoms with E-state index in [1.807, 2.05) is 0 Å². The number of ether oxygens (including phenoxy) is 1. The predicted octanol–water partition coefficient (Wildman–Crippen LogP) is 5.73. The number of hydrogen-bond acceptors (Lipinski definition) is 5. The molecule has 2 atom stereocenters. The van der Waals surface area contributed by atoms with Gasteiger partial charge in [-0.15, -0.1) is 0 Å². The van der Waals surface area contributed by atoms with E-state index in [4.69, 9.17) is 9.72 Å². The number of benzene rings is 1. The zero-order valence-corrected chi connectivity index (χ0v) is 19.9. The van der Waals surface area contributed by atoms with Crippen molar-refractivity contribution in [1.82, 2.24) is 19.5 Å². The van der Waals surface area contributed by atoms with Crippen LogP contribution in [0.25, 0.3) is 22.2 Å². The van der Waals surface area contributed by atoms with Gasteiger partial charge in [0.15, 0.2) is 0 Å². The number of aryl methyl sites for hydroxylation is 1. The van der Waals surface area contributed by atoms with E-state index in [2.05, 4.69) is 9.97 Å². The second kappa shape index (κ2) is 9.23. The second-order valence-electron chi connectivity index (χ2n) is 9.56. The van der Waals surface area contributed by atoms with E-state index in [1.165, 1.54) is 12.1 Å². The molecule has 0 saturated carbocycles. The fourth-order valence-corrected chi connectivity index (χ4v) is 5.28. The van der Waals surface area contributed by atoms with Crippen molar-refractivity contribution >= 4 is 10.9 Å². The summed E-state index contributed by atoms with van der Waals surface area (Å²) in [7, 11) is 0. The van der Waals surface area contributed by atoms with Gasteiger partial charge in [0.05, 0.1) is 17.2 Å². The number of hydrogen-bond donors (Lipinski definition) is 0. The lowest BCUT2D eigenvalue weighted by Crippen LogP contribution is -2.23. The first kappa shape index (κ1) is 24.6. The first-order chi connectivity index (χ1) is 18.2. The van der Waals surface area contributed by atoms with E-state index in [0.29, 0.717) is 42.9 Å². The van der Waals surface area contributed by atoms with Crippen molar-refractivity contribution in [3.05, 3.63) is 87.4 Å². The van der Waals surface area contributed by atoms with Crippen LogP contribution in [0, 0.1) is 11.6 Å². The third-order valence-electron chi connectivity index (χ3n) is 7.16. The monoisotopic (exact) mass is 528 g/mol. The van der Waals surface area contributed by atoms with Gasteiger partial charge in [-0.3, -0.25) is 19.3 Å². The maximum atomic E-state index is 14.9. The molecule has 0 bridgehead atoms. The lowest BCUT2D eigenvalue weighted by Gasteiger charge is -2.30. The molecular weight excluding hydrogens is 507 g/mol. The van der Waals surface area contributed by atoms with Crippen molar-refractivity contribution < 1.29 is 26.7 Å². The van der Waals surface area contributed by atoms with Crippen molar-refractivity contribution in [3.8, 4) is 11.3 Å². The van der Waals surface area contributed by atoms with Gasteiger partial charge in [0.25, 0.3) is 5.56 Å². The van der Waals surface area contributed by atoms with Gasteiger partial charge < -0.3 is 4.74 Å².